The Hall–Kier alpha value is -0.940. The lowest BCUT2D eigenvalue weighted by Gasteiger charge is -2.21. The molecule has 0 spiro atoms. The van der Waals surface area contributed by atoms with Gasteiger partial charge in [0.15, 0.2) is 5.13 Å². The van der Waals surface area contributed by atoms with Crippen LogP contribution in [0.4, 0.5) is 5.13 Å². The third kappa shape index (κ3) is 3.04. The van der Waals surface area contributed by atoms with E-state index in [0.717, 1.165) is 43.3 Å². The van der Waals surface area contributed by atoms with E-state index in [-0.39, 0.29) is 11.9 Å². The van der Waals surface area contributed by atoms with Crippen LogP contribution in [0.25, 0.3) is 0 Å². The second-order valence-corrected chi connectivity index (χ2v) is 6.98. The zero-order chi connectivity index (χ0) is 13.9. The van der Waals surface area contributed by atoms with Crippen molar-refractivity contribution in [2.24, 2.45) is 5.92 Å². The minimum atomic E-state index is -0.0342. The van der Waals surface area contributed by atoms with Crippen LogP contribution in [0, 0.1) is 5.92 Å². The topological polar surface area (TPSA) is 54.0 Å². The molecule has 2 atom stereocenters. The van der Waals surface area contributed by atoms with Crippen LogP contribution < -0.4 is 10.6 Å². The lowest BCUT2D eigenvalue weighted by atomic mass is 9.89. The number of nitrogens with zero attached hydrogens (tertiary/aromatic N) is 1. The fourth-order valence-electron chi connectivity index (χ4n) is 3.11. The van der Waals surface area contributed by atoms with E-state index in [9.17, 15) is 4.79 Å². The molecule has 1 aromatic heterocycles. The molecule has 1 saturated heterocycles. The Balaban J connectivity index is 1.63. The molecule has 4 nitrogen and oxygen atoms in total. The number of anilines is 1. The fourth-order valence-corrected chi connectivity index (χ4v) is 4.24. The largest absolute Gasteiger partial charge is 0.306 e. The minimum absolute atomic E-state index is 0.0342. The summed E-state index contributed by atoms with van der Waals surface area (Å²) in [7, 11) is 0. The van der Waals surface area contributed by atoms with E-state index in [2.05, 4.69) is 22.5 Å². The fraction of sp³-hybridized carbons (Fsp3) is 0.733. The van der Waals surface area contributed by atoms with E-state index in [1.807, 2.05) is 0 Å². The molecule has 0 saturated carbocycles. The number of carbonyl (C=O) groups excluding carboxylic acids is 1. The number of rotatable bonds is 3. The van der Waals surface area contributed by atoms with Gasteiger partial charge in [0, 0.05) is 4.88 Å². The molecule has 3 rings (SSSR count). The molecule has 2 N–H and O–H groups in total. The predicted octanol–water partition coefficient (Wildman–Crippen LogP) is 2.74. The standard InChI is InChI=1S/C15H23N3OS/c1-2-10-6-7-11-13(9-10)20-15(17-11)18-14(19)12-5-3-4-8-16-12/h10,12,16H,2-9H2,1H3,(H,17,18,19). The Labute approximate surface area is 124 Å². The first-order chi connectivity index (χ1) is 9.76. The minimum Gasteiger partial charge on any atom is -0.306 e. The second kappa shape index (κ2) is 6.22. The molecule has 0 bridgehead atoms. The summed E-state index contributed by atoms with van der Waals surface area (Å²) in [4.78, 5) is 18.2. The maximum Gasteiger partial charge on any atom is 0.243 e. The number of aryl methyl sites for hydroxylation is 1. The highest BCUT2D eigenvalue weighted by Gasteiger charge is 2.24. The van der Waals surface area contributed by atoms with Crippen molar-refractivity contribution in [3.63, 3.8) is 0 Å². The number of hydrogen-bond donors (Lipinski definition) is 2. The summed E-state index contributed by atoms with van der Waals surface area (Å²) < 4.78 is 0. The molecule has 1 amide bonds. The Bertz CT molecular complexity index is 479. The van der Waals surface area contributed by atoms with E-state index >= 15 is 0 Å². The number of thiazole rings is 1. The number of hydrogen-bond acceptors (Lipinski definition) is 4. The average molecular weight is 293 g/mol. The van der Waals surface area contributed by atoms with Crippen LogP contribution in [-0.2, 0) is 17.6 Å². The number of aromatic nitrogens is 1. The Morgan fingerprint density at radius 2 is 2.35 bits per heavy atom. The smallest absolute Gasteiger partial charge is 0.243 e. The summed E-state index contributed by atoms with van der Waals surface area (Å²) in [6.45, 7) is 3.21. The summed E-state index contributed by atoms with van der Waals surface area (Å²) in [5.41, 5.74) is 1.21. The molecule has 1 fully saturated rings. The highest BCUT2D eigenvalue weighted by molar-refractivity contribution is 7.15. The number of carbonyl (C=O) groups is 1. The lowest BCUT2D eigenvalue weighted by molar-refractivity contribution is -0.118. The molecule has 2 heterocycles. The van der Waals surface area contributed by atoms with Gasteiger partial charge in [-0.1, -0.05) is 19.8 Å². The molecule has 2 aliphatic rings. The lowest BCUT2D eigenvalue weighted by Crippen LogP contribution is -2.43. The normalized spacial score (nSPS) is 26.1. The summed E-state index contributed by atoms with van der Waals surface area (Å²) >= 11 is 1.68. The zero-order valence-corrected chi connectivity index (χ0v) is 12.9. The third-order valence-electron chi connectivity index (χ3n) is 4.48. The van der Waals surface area contributed by atoms with Gasteiger partial charge in [-0.05, 0) is 44.6 Å². The zero-order valence-electron chi connectivity index (χ0n) is 12.1. The maximum atomic E-state index is 12.2. The van der Waals surface area contributed by atoms with Gasteiger partial charge in [-0.3, -0.25) is 4.79 Å². The SMILES string of the molecule is CCC1CCc2nc(NC(=O)C3CCCCN3)sc2C1. The molecule has 0 aromatic carbocycles. The van der Waals surface area contributed by atoms with Crippen molar-refractivity contribution in [3.8, 4) is 0 Å². The van der Waals surface area contributed by atoms with E-state index in [1.165, 1.54) is 29.8 Å². The molecular formula is C15H23N3OS. The van der Waals surface area contributed by atoms with Gasteiger partial charge in [0.25, 0.3) is 0 Å². The first kappa shape index (κ1) is 14.0. The highest BCUT2D eigenvalue weighted by atomic mass is 32.1. The van der Waals surface area contributed by atoms with Crippen LogP contribution in [0.15, 0.2) is 0 Å². The van der Waals surface area contributed by atoms with Crippen molar-refractivity contribution in [2.75, 3.05) is 11.9 Å². The maximum absolute atomic E-state index is 12.2. The molecule has 1 aromatic rings. The number of nitrogens with one attached hydrogen (secondary N) is 2. The molecule has 20 heavy (non-hydrogen) atoms. The van der Waals surface area contributed by atoms with E-state index in [0.29, 0.717) is 0 Å². The monoisotopic (exact) mass is 293 g/mol. The molecule has 1 aliphatic carbocycles. The van der Waals surface area contributed by atoms with Gasteiger partial charge < -0.3 is 10.6 Å². The Morgan fingerprint density at radius 1 is 1.45 bits per heavy atom. The number of amides is 1. The van der Waals surface area contributed by atoms with Gasteiger partial charge in [-0.25, -0.2) is 4.98 Å². The summed E-state index contributed by atoms with van der Waals surface area (Å²) in [6.07, 6.45) is 7.94. The van der Waals surface area contributed by atoms with Gasteiger partial charge in [-0.15, -0.1) is 11.3 Å². The van der Waals surface area contributed by atoms with Crippen LogP contribution in [0.5, 0.6) is 0 Å². The average Bonchev–Trinajstić information content (AvgIpc) is 2.89. The summed E-state index contributed by atoms with van der Waals surface area (Å²) in [5.74, 6) is 0.884. The highest BCUT2D eigenvalue weighted by Crippen LogP contribution is 2.33. The second-order valence-electron chi connectivity index (χ2n) is 5.90. The third-order valence-corrected chi connectivity index (χ3v) is 5.51. The molecule has 5 heteroatoms. The van der Waals surface area contributed by atoms with Crippen molar-refractivity contribution in [1.82, 2.24) is 10.3 Å². The molecule has 110 valence electrons. The van der Waals surface area contributed by atoms with Crippen molar-refractivity contribution >= 4 is 22.4 Å². The van der Waals surface area contributed by atoms with Gasteiger partial charge in [0.1, 0.15) is 0 Å². The van der Waals surface area contributed by atoms with Crippen molar-refractivity contribution in [1.29, 1.82) is 0 Å². The first-order valence-corrected chi connectivity index (χ1v) is 8.60. The first-order valence-electron chi connectivity index (χ1n) is 7.79. The molecule has 1 aliphatic heterocycles. The molecular weight excluding hydrogens is 270 g/mol. The van der Waals surface area contributed by atoms with Crippen molar-refractivity contribution < 1.29 is 4.79 Å². The predicted molar refractivity (Wildman–Crippen MR) is 82.2 cm³/mol. The summed E-state index contributed by atoms with van der Waals surface area (Å²) in [6, 6.07) is -0.0342. The molecule has 0 radical (unpaired) electrons. The van der Waals surface area contributed by atoms with Crippen LogP contribution in [0.1, 0.15) is 49.6 Å². The van der Waals surface area contributed by atoms with Crippen LogP contribution in [0.2, 0.25) is 0 Å². The van der Waals surface area contributed by atoms with Gasteiger partial charge in [-0.2, -0.15) is 0 Å². The van der Waals surface area contributed by atoms with E-state index < -0.39 is 0 Å². The Morgan fingerprint density at radius 3 is 3.10 bits per heavy atom. The Kier molecular flexibility index (Phi) is 4.36. The van der Waals surface area contributed by atoms with Crippen LogP contribution in [0.3, 0.4) is 0 Å². The van der Waals surface area contributed by atoms with Crippen LogP contribution in [-0.4, -0.2) is 23.5 Å². The van der Waals surface area contributed by atoms with E-state index in [4.69, 9.17) is 0 Å². The number of piperidine rings is 1. The number of fused-ring (bicyclic) bond motifs is 1. The van der Waals surface area contributed by atoms with Crippen molar-refractivity contribution in [2.45, 2.75) is 57.9 Å². The van der Waals surface area contributed by atoms with Crippen molar-refractivity contribution in [3.05, 3.63) is 10.6 Å². The van der Waals surface area contributed by atoms with Gasteiger partial charge in [0.2, 0.25) is 5.91 Å². The van der Waals surface area contributed by atoms with Gasteiger partial charge in [0.05, 0.1) is 11.7 Å². The van der Waals surface area contributed by atoms with E-state index in [1.54, 1.807) is 11.3 Å². The van der Waals surface area contributed by atoms with Crippen LogP contribution >= 0.6 is 11.3 Å². The van der Waals surface area contributed by atoms with Gasteiger partial charge >= 0.3 is 0 Å². The molecule has 2 unspecified atom stereocenters. The quantitative estimate of drug-likeness (QED) is 0.901. The summed E-state index contributed by atoms with van der Waals surface area (Å²) in [5, 5.41) is 7.08.